The molecule has 2 aromatic heterocycles. The Balaban J connectivity index is 1.31. The molecule has 1 aliphatic carbocycles. The zero-order chi connectivity index (χ0) is 23.1. The van der Waals surface area contributed by atoms with E-state index in [0.717, 1.165) is 29.7 Å². The molecular formula is C23H24N6O3S. The van der Waals surface area contributed by atoms with Crippen molar-refractivity contribution in [3.8, 4) is 6.07 Å². The van der Waals surface area contributed by atoms with Crippen molar-refractivity contribution in [2.45, 2.75) is 36.1 Å². The van der Waals surface area contributed by atoms with Crippen LogP contribution in [-0.2, 0) is 9.84 Å². The van der Waals surface area contributed by atoms with Crippen LogP contribution in [0.3, 0.4) is 0 Å². The van der Waals surface area contributed by atoms with Crippen molar-refractivity contribution in [3.05, 3.63) is 48.4 Å². The molecule has 0 unspecified atom stereocenters. The summed E-state index contributed by atoms with van der Waals surface area (Å²) in [6, 6.07) is 10.1. The van der Waals surface area contributed by atoms with E-state index in [1.165, 1.54) is 12.1 Å². The largest absolute Gasteiger partial charge is 0.352 e. The van der Waals surface area contributed by atoms with Crippen molar-refractivity contribution in [2.75, 3.05) is 30.3 Å². The number of nitriles is 1. The van der Waals surface area contributed by atoms with Gasteiger partial charge in [-0.2, -0.15) is 5.26 Å². The van der Waals surface area contributed by atoms with Crippen molar-refractivity contribution in [1.82, 2.24) is 19.9 Å². The number of rotatable bonds is 6. The Morgan fingerprint density at radius 1 is 1.15 bits per heavy atom. The zero-order valence-corrected chi connectivity index (χ0v) is 18.9. The van der Waals surface area contributed by atoms with Crippen LogP contribution in [0, 0.1) is 11.3 Å². The molecule has 1 spiro atoms. The highest BCUT2D eigenvalue weighted by Gasteiger charge is 2.53. The van der Waals surface area contributed by atoms with E-state index in [-0.39, 0.29) is 28.5 Å². The summed E-state index contributed by atoms with van der Waals surface area (Å²) in [7, 11) is -3.46. The molecule has 5 rings (SSSR count). The number of nitrogens with one attached hydrogen (secondary N) is 1. The summed E-state index contributed by atoms with van der Waals surface area (Å²) in [6.45, 7) is 1.94. The number of unbranched alkanes of at least 4 members (excludes halogenated alkanes) is 1. The fourth-order valence-corrected chi connectivity index (χ4v) is 5.89. The third-order valence-corrected chi connectivity index (χ3v) is 8.33. The first kappa shape index (κ1) is 21.4. The Kier molecular flexibility index (Phi) is 5.29. The number of nitrogens with zero attached hydrogens (tertiary/aromatic N) is 5. The molecule has 0 bridgehead atoms. The van der Waals surface area contributed by atoms with Gasteiger partial charge in [0.25, 0.3) is 5.91 Å². The molecule has 10 heteroatoms. The lowest BCUT2D eigenvalue weighted by Gasteiger charge is -2.42. The van der Waals surface area contributed by atoms with Crippen molar-refractivity contribution in [3.63, 3.8) is 0 Å². The first-order valence-corrected chi connectivity index (χ1v) is 12.6. The molecule has 0 radical (unpaired) electrons. The van der Waals surface area contributed by atoms with E-state index in [4.69, 9.17) is 5.26 Å². The fraction of sp³-hybridized carbons (Fsp3) is 0.391. The van der Waals surface area contributed by atoms with Gasteiger partial charge in [-0.1, -0.05) is 0 Å². The molecule has 2 fully saturated rings. The number of hydrogen-bond donors (Lipinski definition) is 1. The number of hydrogen-bond acceptors (Lipinski definition) is 7. The molecule has 170 valence electrons. The molecule has 3 aromatic rings. The van der Waals surface area contributed by atoms with Crippen LogP contribution in [0.2, 0.25) is 0 Å². The lowest BCUT2D eigenvalue weighted by Crippen LogP contribution is -2.57. The molecule has 1 aliphatic heterocycles. The Morgan fingerprint density at radius 3 is 2.67 bits per heavy atom. The number of sulfone groups is 1. The van der Waals surface area contributed by atoms with E-state index in [9.17, 15) is 13.2 Å². The lowest BCUT2D eigenvalue weighted by molar-refractivity contribution is 0.0624. The standard InChI is InChI=1S/C23H24N6O3S/c24-10-1-2-14-33(31,32)18-5-3-17(4-6-18)22(30)29-13-12-28(15-23(29)8-9-23)21-19-7-11-25-20(19)26-16-27-21/h3-7,11,16H,1-2,8-9,12-15H2,(H,25,26,27). The second-order valence-electron chi connectivity index (χ2n) is 8.64. The quantitative estimate of drug-likeness (QED) is 0.556. The van der Waals surface area contributed by atoms with Crippen LogP contribution in [0.15, 0.2) is 47.8 Å². The second-order valence-corrected chi connectivity index (χ2v) is 10.8. The van der Waals surface area contributed by atoms with Gasteiger partial charge in [-0.3, -0.25) is 4.79 Å². The van der Waals surface area contributed by atoms with Crippen molar-refractivity contribution >= 4 is 32.6 Å². The smallest absolute Gasteiger partial charge is 0.254 e. The number of fused-ring (bicyclic) bond motifs is 1. The third kappa shape index (κ3) is 3.93. The van der Waals surface area contributed by atoms with E-state index in [1.807, 2.05) is 23.2 Å². The molecule has 1 saturated heterocycles. The molecule has 9 nitrogen and oxygen atoms in total. The Morgan fingerprint density at radius 2 is 1.94 bits per heavy atom. The van der Waals surface area contributed by atoms with E-state index < -0.39 is 9.84 Å². The van der Waals surface area contributed by atoms with Crippen LogP contribution in [-0.4, -0.2) is 65.1 Å². The molecule has 1 amide bonds. The van der Waals surface area contributed by atoms with Crippen LogP contribution in [0.5, 0.6) is 0 Å². The number of amides is 1. The van der Waals surface area contributed by atoms with Gasteiger partial charge in [-0.15, -0.1) is 0 Å². The maximum atomic E-state index is 13.3. The van der Waals surface area contributed by atoms with Crippen LogP contribution >= 0.6 is 0 Å². The minimum atomic E-state index is -3.46. The van der Waals surface area contributed by atoms with E-state index >= 15 is 0 Å². The van der Waals surface area contributed by atoms with Crippen molar-refractivity contribution < 1.29 is 13.2 Å². The maximum absolute atomic E-state index is 13.3. The Bertz CT molecular complexity index is 1340. The minimum Gasteiger partial charge on any atom is -0.352 e. The zero-order valence-electron chi connectivity index (χ0n) is 18.1. The number of aromatic amines is 1. The molecular weight excluding hydrogens is 440 g/mol. The number of aromatic nitrogens is 3. The van der Waals surface area contributed by atoms with Gasteiger partial charge in [0.05, 0.1) is 27.6 Å². The predicted octanol–water partition coefficient (Wildman–Crippen LogP) is 2.53. The predicted molar refractivity (Wildman–Crippen MR) is 122 cm³/mol. The molecule has 1 aromatic carbocycles. The topological polar surface area (TPSA) is 123 Å². The average molecular weight is 465 g/mol. The Labute approximate surface area is 192 Å². The number of benzene rings is 1. The maximum Gasteiger partial charge on any atom is 0.254 e. The lowest BCUT2D eigenvalue weighted by atomic mass is 10.1. The van der Waals surface area contributed by atoms with E-state index in [1.54, 1.807) is 18.5 Å². The number of H-pyrrole nitrogens is 1. The average Bonchev–Trinajstić information content (AvgIpc) is 3.40. The molecule has 1 saturated carbocycles. The third-order valence-electron chi connectivity index (χ3n) is 6.52. The number of carbonyl (C=O) groups excluding carboxylic acids is 1. The summed E-state index contributed by atoms with van der Waals surface area (Å²) < 4.78 is 24.8. The number of carbonyl (C=O) groups is 1. The Hall–Kier alpha value is -3.45. The summed E-state index contributed by atoms with van der Waals surface area (Å²) in [6.07, 6.45) is 5.77. The normalized spacial score (nSPS) is 17.3. The monoisotopic (exact) mass is 464 g/mol. The van der Waals surface area contributed by atoms with Gasteiger partial charge in [-0.05, 0) is 49.6 Å². The molecule has 0 atom stereocenters. The fourth-order valence-electron chi connectivity index (χ4n) is 4.58. The summed E-state index contributed by atoms with van der Waals surface area (Å²) in [5.74, 6) is 0.733. The highest BCUT2D eigenvalue weighted by molar-refractivity contribution is 7.91. The number of anilines is 1. The molecule has 33 heavy (non-hydrogen) atoms. The van der Waals surface area contributed by atoms with Gasteiger partial charge < -0.3 is 14.8 Å². The number of piperazine rings is 1. The second kappa shape index (κ2) is 8.15. The van der Waals surface area contributed by atoms with Crippen molar-refractivity contribution in [1.29, 1.82) is 5.26 Å². The van der Waals surface area contributed by atoms with Crippen LogP contribution in [0.4, 0.5) is 5.82 Å². The minimum absolute atomic E-state index is 0.0730. The molecule has 2 aliphatic rings. The van der Waals surface area contributed by atoms with E-state index in [0.29, 0.717) is 31.6 Å². The van der Waals surface area contributed by atoms with Crippen LogP contribution in [0.1, 0.15) is 36.0 Å². The van der Waals surface area contributed by atoms with Crippen LogP contribution in [0.25, 0.3) is 11.0 Å². The van der Waals surface area contributed by atoms with Crippen molar-refractivity contribution in [2.24, 2.45) is 0 Å². The van der Waals surface area contributed by atoms with E-state index in [2.05, 4.69) is 19.9 Å². The SMILES string of the molecule is N#CCCCS(=O)(=O)c1ccc(C(=O)N2CCN(c3ncnc4[nH]ccc34)CC23CC3)cc1. The molecule has 1 N–H and O–H groups in total. The van der Waals surface area contributed by atoms with Gasteiger partial charge in [0.15, 0.2) is 9.84 Å². The summed E-state index contributed by atoms with van der Waals surface area (Å²) in [4.78, 5) is 29.6. The summed E-state index contributed by atoms with van der Waals surface area (Å²) in [5.41, 5.74) is 1.07. The highest BCUT2D eigenvalue weighted by atomic mass is 32.2. The van der Waals surface area contributed by atoms with Gasteiger partial charge in [-0.25, -0.2) is 18.4 Å². The first-order valence-electron chi connectivity index (χ1n) is 11.0. The first-order chi connectivity index (χ1) is 15.9. The van der Waals surface area contributed by atoms with Gasteiger partial charge in [0.2, 0.25) is 0 Å². The highest BCUT2D eigenvalue weighted by Crippen LogP contribution is 2.46. The molecule has 3 heterocycles. The summed E-state index contributed by atoms with van der Waals surface area (Å²) >= 11 is 0. The van der Waals surface area contributed by atoms with Gasteiger partial charge >= 0.3 is 0 Å². The summed E-state index contributed by atoms with van der Waals surface area (Å²) in [5, 5.41) is 9.59. The van der Waals surface area contributed by atoms with Crippen LogP contribution < -0.4 is 4.90 Å². The van der Waals surface area contributed by atoms with Gasteiger partial charge in [0.1, 0.15) is 17.8 Å². The van der Waals surface area contributed by atoms with Gasteiger partial charge in [0, 0.05) is 37.8 Å².